The predicted octanol–water partition coefficient (Wildman–Crippen LogP) is 3.49. The number of ketones is 1. The summed E-state index contributed by atoms with van der Waals surface area (Å²) in [6.45, 7) is 3.75. The zero-order valence-electron chi connectivity index (χ0n) is 9.00. The van der Waals surface area contributed by atoms with Crippen LogP contribution in [0.1, 0.15) is 22.8 Å². The van der Waals surface area contributed by atoms with Gasteiger partial charge < -0.3 is 4.74 Å². The van der Waals surface area contributed by atoms with Gasteiger partial charge in [0.05, 0.1) is 7.11 Å². The molecule has 0 bridgehead atoms. The molecule has 0 fully saturated rings. The maximum absolute atomic E-state index is 11.9. The zero-order valence-corrected chi connectivity index (χ0v) is 10.6. The minimum absolute atomic E-state index is 0.105. The maximum Gasteiger partial charge on any atom is 0.228 e. The van der Waals surface area contributed by atoms with Crippen LogP contribution in [0.3, 0.4) is 0 Å². The topological polar surface area (TPSA) is 26.3 Å². The summed E-state index contributed by atoms with van der Waals surface area (Å²) in [5, 5.41) is 0. The van der Waals surface area contributed by atoms with Crippen LogP contribution in [0.2, 0.25) is 0 Å². The van der Waals surface area contributed by atoms with Crippen molar-refractivity contribution in [2.24, 2.45) is 0 Å². The Morgan fingerprint density at radius 3 is 2.60 bits per heavy atom. The average Bonchev–Trinajstić information content (AvgIpc) is 2.19. The summed E-state index contributed by atoms with van der Waals surface area (Å²) < 4.78 is 5.79. The number of hydrogen-bond donors (Lipinski definition) is 0. The number of carbonyl (C=O) groups is 1. The molecule has 0 amide bonds. The molecule has 3 heteroatoms. The third-order valence-corrected chi connectivity index (χ3v) is 2.73. The van der Waals surface area contributed by atoms with Crippen molar-refractivity contribution in [3.63, 3.8) is 0 Å². The van der Waals surface area contributed by atoms with E-state index in [-0.39, 0.29) is 5.78 Å². The van der Waals surface area contributed by atoms with Gasteiger partial charge in [-0.15, -0.1) is 0 Å². The average molecular weight is 269 g/mol. The Morgan fingerprint density at radius 1 is 1.47 bits per heavy atom. The Bertz CT molecular complexity index is 408. The van der Waals surface area contributed by atoms with Crippen LogP contribution in [0.4, 0.5) is 0 Å². The Morgan fingerprint density at radius 2 is 2.13 bits per heavy atom. The molecular formula is C12H13BrO2. The molecule has 1 rings (SSSR count). The third-order valence-electron chi connectivity index (χ3n) is 2.08. The van der Waals surface area contributed by atoms with Crippen LogP contribution in [0.25, 0.3) is 0 Å². The number of rotatable bonds is 3. The molecule has 0 aromatic heterocycles. The first kappa shape index (κ1) is 12.0. The highest BCUT2D eigenvalue weighted by Gasteiger charge is 2.14. The smallest absolute Gasteiger partial charge is 0.228 e. The largest absolute Gasteiger partial charge is 0.493 e. The van der Waals surface area contributed by atoms with Gasteiger partial charge in [-0.25, -0.2) is 0 Å². The highest BCUT2D eigenvalue weighted by Crippen LogP contribution is 2.21. The molecule has 15 heavy (non-hydrogen) atoms. The molecule has 1 aromatic rings. The van der Waals surface area contributed by atoms with Crippen LogP contribution in [-0.2, 0) is 4.74 Å². The number of ether oxygens (including phenoxy) is 1. The van der Waals surface area contributed by atoms with Crippen molar-refractivity contribution in [3.05, 3.63) is 45.6 Å². The van der Waals surface area contributed by atoms with E-state index in [1.807, 2.05) is 19.1 Å². The van der Waals surface area contributed by atoms with Gasteiger partial charge in [0.15, 0.2) is 5.76 Å². The number of halogens is 1. The summed E-state index contributed by atoms with van der Waals surface area (Å²) in [5.74, 6) is 0.256. The van der Waals surface area contributed by atoms with Gasteiger partial charge in [0, 0.05) is 10.0 Å². The minimum Gasteiger partial charge on any atom is -0.493 e. The second kappa shape index (κ2) is 5.12. The Labute approximate surface area is 98.1 Å². The van der Waals surface area contributed by atoms with E-state index in [1.54, 1.807) is 19.1 Å². The lowest BCUT2D eigenvalue weighted by Gasteiger charge is -2.06. The standard InChI is InChI=1S/C12H13BrO2/c1-4-11(15-3)12(14)9-6-5-8(2)7-10(9)13/h4-7H,1-3H3/b11-4+. The molecule has 0 aliphatic carbocycles. The molecule has 0 saturated heterocycles. The van der Waals surface area contributed by atoms with Gasteiger partial charge in [-0.1, -0.05) is 22.0 Å². The second-order valence-electron chi connectivity index (χ2n) is 3.17. The van der Waals surface area contributed by atoms with Crippen molar-refractivity contribution in [1.82, 2.24) is 0 Å². The molecule has 0 aliphatic heterocycles. The first-order valence-electron chi connectivity index (χ1n) is 4.61. The van der Waals surface area contributed by atoms with E-state index >= 15 is 0 Å². The number of allylic oxidation sites excluding steroid dienone is 2. The van der Waals surface area contributed by atoms with E-state index in [0.29, 0.717) is 11.3 Å². The molecule has 0 atom stereocenters. The number of Topliss-reactive ketones (excluding diaryl/α,β-unsaturated/α-hetero) is 1. The van der Waals surface area contributed by atoms with Crippen molar-refractivity contribution < 1.29 is 9.53 Å². The molecule has 0 saturated carbocycles. The van der Waals surface area contributed by atoms with Crippen LogP contribution in [0.5, 0.6) is 0 Å². The lowest BCUT2D eigenvalue weighted by Crippen LogP contribution is -2.06. The normalized spacial score (nSPS) is 11.3. The van der Waals surface area contributed by atoms with Crippen molar-refractivity contribution in [2.45, 2.75) is 13.8 Å². The van der Waals surface area contributed by atoms with Crippen LogP contribution < -0.4 is 0 Å². The zero-order chi connectivity index (χ0) is 11.4. The summed E-state index contributed by atoms with van der Waals surface area (Å²) in [7, 11) is 1.50. The number of methoxy groups -OCH3 is 1. The van der Waals surface area contributed by atoms with Gasteiger partial charge in [0.2, 0.25) is 5.78 Å². The number of hydrogen-bond acceptors (Lipinski definition) is 2. The van der Waals surface area contributed by atoms with Gasteiger partial charge in [-0.3, -0.25) is 4.79 Å². The molecule has 0 unspecified atom stereocenters. The Kier molecular flexibility index (Phi) is 4.09. The SMILES string of the molecule is C/C=C(/OC)C(=O)c1ccc(C)cc1Br. The van der Waals surface area contributed by atoms with Crippen molar-refractivity contribution in [2.75, 3.05) is 7.11 Å². The molecule has 2 nitrogen and oxygen atoms in total. The molecular weight excluding hydrogens is 256 g/mol. The first-order valence-corrected chi connectivity index (χ1v) is 5.40. The molecule has 0 spiro atoms. The summed E-state index contributed by atoms with van der Waals surface area (Å²) in [4.78, 5) is 11.9. The fourth-order valence-electron chi connectivity index (χ4n) is 1.28. The van der Waals surface area contributed by atoms with E-state index < -0.39 is 0 Å². The molecule has 0 aliphatic rings. The Balaban J connectivity index is 3.12. The van der Waals surface area contributed by atoms with Crippen LogP contribution in [0.15, 0.2) is 34.5 Å². The molecule has 0 radical (unpaired) electrons. The maximum atomic E-state index is 11.9. The summed E-state index contributed by atoms with van der Waals surface area (Å²) in [6.07, 6.45) is 1.66. The molecule has 0 heterocycles. The lowest BCUT2D eigenvalue weighted by molar-refractivity contribution is 0.0952. The van der Waals surface area contributed by atoms with Crippen molar-refractivity contribution in [3.8, 4) is 0 Å². The number of benzene rings is 1. The van der Waals surface area contributed by atoms with Crippen molar-refractivity contribution >= 4 is 21.7 Å². The summed E-state index contributed by atoms with van der Waals surface area (Å²) in [6, 6.07) is 5.61. The quantitative estimate of drug-likeness (QED) is 0.477. The highest BCUT2D eigenvalue weighted by molar-refractivity contribution is 9.10. The van der Waals surface area contributed by atoms with Crippen LogP contribution in [-0.4, -0.2) is 12.9 Å². The lowest BCUT2D eigenvalue weighted by atomic mass is 10.1. The van der Waals surface area contributed by atoms with Crippen molar-refractivity contribution in [1.29, 1.82) is 0 Å². The van der Waals surface area contributed by atoms with Gasteiger partial charge in [0.1, 0.15) is 0 Å². The monoisotopic (exact) mass is 268 g/mol. The van der Waals surface area contributed by atoms with Gasteiger partial charge in [-0.2, -0.15) is 0 Å². The first-order chi connectivity index (χ1) is 7.10. The second-order valence-corrected chi connectivity index (χ2v) is 4.02. The van der Waals surface area contributed by atoms with Gasteiger partial charge in [-0.05, 0) is 37.6 Å². The summed E-state index contributed by atoms with van der Waals surface area (Å²) in [5.41, 5.74) is 1.73. The van der Waals surface area contributed by atoms with E-state index in [0.717, 1.165) is 10.0 Å². The fraction of sp³-hybridized carbons (Fsp3) is 0.250. The molecule has 0 N–H and O–H groups in total. The third kappa shape index (κ3) is 2.69. The van der Waals surface area contributed by atoms with E-state index in [9.17, 15) is 4.79 Å². The Hall–Kier alpha value is -1.09. The summed E-state index contributed by atoms with van der Waals surface area (Å²) >= 11 is 3.37. The van der Waals surface area contributed by atoms with Crippen LogP contribution >= 0.6 is 15.9 Å². The predicted molar refractivity (Wildman–Crippen MR) is 64.0 cm³/mol. The van der Waals surface area contributed by atoms with E-state index in [4.69, 9.17) is 4.74 Å². The highest BCUT2D eigenvalue weighted by atomic mass is 79.9. The van der Waals surface area contributed by atoms with E-state index in [1.165, 1.54) is 7.11 Å². The fourth-order valence-corrected chi connectivity index (χ4v) is 1.95. The van der Waals surface area contributed by atoms with Crippen LogP contribution in [0, 0.1) is 6.92 Å². The van der Waals surface area contributed by atoms with E-state index in [2.05, 4.69) is 15.9 Å². The molecule has 80 valence electrons. The number of aryl methyl sites for hydroxylation is 1. The molecule has 1 aromatic carbocycles. The van der Waals surface area contributed by atoms with Gasteiger partial charge >= 0.3 is 0 Å². The van der Waals surface area contributed by atoms with Gasteiger partial charge in [0.25, 0.3) is 0 Å². The number of carbonyl (C=O) groups excluding carboxylic acids is 1. The minimum atomic E-state index is -0.105.